The summed E-state index contributed by atoms with van der Waals surface area (Å²) in [6.07, 6.45) is 0.781. The van der Waals surface area contributed by atoms with Gasteiger partial charge in [0.1, 0.15) is 0 Å². The molecule has 0 saturated heterocycles. The van der Waals surface area contributed by atoms with E-state index >= 15 is 0 Å². The van der Waals surface area contributed by atoms with Gasteiger partial charge in [-0.2, -0.15) is 0 Å². The Kier molecular flexibility index (Phi) is 6.36. The van der Waals surface area contributed by atoms with Crippen LogP contribution in [0, 0.1) is 0 Å². The third kappa shape index (κ3) is 6.25. The van der Waals surface area contributed by atoms with E-state index in [-0.39, 0.29) is 23.7 Å². The highest BCUT2D eigenvalue weighted by Crippen LogP contribution is 2.15. The second-order valence-electron chi connectivity index (χ2n) is 4.19. The van der Waals surface area contributed by atoms with Crippen LogP contribution in [0.25, 0.3) is 0 Å². The van der Waals surface area contributed by atoms with Crippen molar-refractivity contribution < 1.29 is 14.3 Å². The van der Waals surface area contributed by atoms with Crippen molar-refractivity contribution in [2.45, 2.75) is 32.1 Å². The molecular weight excluding hydrogens is 266 g/mol. The Morgan fingerprint density at radius 2 is 1.95 bits per heavy atom. The van der Waals surface area contributed by atoms with E-state index in [0.717, 1.165) is 11.3 Å². The van der Waals surface area contributed by atoms with Crippen LogP contribution in [-0.2, 0) is 20.7 Å². The zero-order valence-electron chi connectivity index (χ0n) is 11.1. The summed E-state index contributed by atoms with van der Waals surface area (Å²) in [5, 5.41) is 2.40. The second-order valence-corrected chi connectivity index (χ2v) is 4.81. The molecule has 0 radical (unpaired) electrons. The predicted molar refractivity (Wildman–Crippen MR) is 75.3 cm³/mol. The molecule has 0 aliphatic rings. The molecular formula is C14H18ClNO3. The van der Waals surface area contributed by atoms with Crippen molar-refractivity contribution in [1.29, 1.82) is 0 Å². The topological polar surface area (TPSA) is 55.4 Å². The number of ether oxygens (including phenoxy) is 1. The largest absolute Gasteiger partial charge is 0.466 e. The van der Waals surface area contributed by atoms with Gasteiger partial charge in [0.15, 0.2) is 0 Å². The molecule has 1 atom stereocenters. The molecule has 0 saturated carbocycles. The van der Waals surface area contributed by atoms with Crippen LogP contribution in [0.15, 0.2) is 24.3 Å². The maximum atomic E-state index is 11.3. The Balaban J connectivity index is 2.48. The van der Waals surface area contributed by atoms with E-state index in [1.165, 1.54) is 6.92 Å². The summed E-state index contributed by atoms with van der Waals surface area (Å²) in [5.74, 6) is -0.386. The summed E-state index contributed by atoms with van der Waals surface area (Å²) >= 11 is 6.10. The first-order chi connectivity index (χ1) is 9.01. The van der Waals surface area contributed by atoms with Gasteiger partial charge in [-0.25, -0.2) is 0 Å². The Morgan fingerprint density at radius 3 is 2.47 bits per heavy atom. The fraction of sp³-hybridized carbons (Fsp3) is 0.429. The maximum Gasteiger partial charge on any atom is 0.307 e. The molecule has 0 spiro atoms. The molecule has 0 fully saturated rings. The van der Waals surface area contributed by atoms with Crippen molar-refractivity contribution in [1.82, 2.24) is 0 Å². The van der Waals surface area contributed by atoms with Crippen molar-refractivity contribution in [2.75, 3.05) is 11.9 Å². The molecule has 0 bridgehead atoms. The van der Waals surface area contributed by atoms with Crippen LogP contribution in [0.4, 0.5) is 5.69 Å². The average molecular weight is 284 g/mol. The first-order valence-corrected chi connectivity index (χ1v) is 6.61. The molecule has 1 aromatic rings. The van der Waals surface area contributed by atoms with Crippen LogP contribution in [0.5, 0.6) is 0 Å². The lowest BCUT2D eigenvalue weighted by atomic mass is 10.1. The number of carbonyl (C=O) groups excluding carboxylic acids is 2. The number of benzene rings is 1. The lowest BCUT2D eigenvalue weighted by Gasteiger charge is -2.09. The van der Waals surface area contributed by atoms with Gasteiger partial charge in [0.05, 0.1) is 13.0 Å². The molecule has 1 amide bonds. The molecule has 104 valence electrons. The van der Waals surface area contributed by atoms with Crippen molar-refractivity contribution in [3.05, 3.63) is 29.8 Å². The monoisotopic (exact) mass is 283 g/mol. The third-order valence-electron chi connectivity index (χ3n) is 2.42. The zero-order valence-corrected chi connectivity index (χ0v) is 11.9. The van der Waals surface area contributed by atoms with Gasteiger partial charge in [0.2, 0.25) is 5.91 Å². The number of halogens is 1. The first kappa shape index (κ1) is 15.5. The zero-order chi connectivity index (χ0) is 14.3. The number of hydrogen-bond acceptors (Lipinski definition) is 3. The molecule has 0 aliphatic carbocycles. The molecule has 0 heterocycles. The van der Waals surface area contributed by atoms with E-state index < -0.39 is 0 Å². The minimum atomic E-state index is -0.286. The lowest BCUT2D eigenvalue weighted by molar-refractivity contribution is -0.143. The fourth-order valence-electron chi connectivity index (χ4n) is 1.66. The van der Waals surface area contributed by atoms with E-state index in [9.17, 15) is 9.59 Å². The van der Waals surface area contributed by atoms with Gasteiger partial charge < -0.3 is 10.1 Å². The number of hydrogen-bond donors (Lipinski definition) is 1. The minimum Gasteiger partial charge on any atom is -0.466 e. The minimum absolute atomic E-state index is 0.106. The highest BCUT2D eigenvalue weighted by molar-refractivity contribution is 6.21. The van der Waals surface area contributed by atoms with E-state index in [1.807, 2.05) is 24.3 Å². The number of rotatable bonds is 6. The maximum absolute atomic E-state index is 11.3. The van der Waals surface area contributed by atoms with Gasteiger partial charge in [0, 0.05) is 18.0 Å². The number of nitrogens with one attached hydrogen (secondary N) is 1. The standard InChI is InChI=1S/C14H18ClNO3/c1-3-19-14(18)9-12(15)8-11-4-6-13(7-5-11)16-10(2)17/h4-7,12H,3,8-9H2,1-2H3,(H,16,17). The smallest absolute Gasteiger partial charge is 0.307 e. The van der Waals surface area contributed by atoms with Crippen molar-refractivity contribution >= 4 is 29.2 Å². The van der Waals surface area contributed by atoms with E-state index in [0.29, 0.717) is 13.0 Å². The quantitative estimate of drug-likeness (QED) is 0.645. The van der Waals surface area contributed by atoms with Gasteiger partial charge >= 0.3 is 5.97 Å². The number of esters is 1. The molecule has 0 aliphatic heterocycles. The summed E-state index contributed by atoms with van der Waals surface area (Å²) < 4.78 is 4.84. The molecule has 19 heavy (non-hydrogen) atoms. The van der Waals surface area contributed by atoms with E-state index in [2.05, 4.69) is 5.32 Å². The third-order valence-corrected chi connectivity index (χ3v) is 2.73. The van der Waals surface area contributed by atoms with Crippen molar-refractivity contribution in [2.24, 2.45) is 0 Å². The highest BCUT2D eigenvalue weighted by atomic mass is 35.5. The SMILES string of the molecule is CCOC(=O)CC(Cl)Cc1ccc(NC(C)=O)cc1. The predicted octanol–water partition coefficient (Wildman–Crippen LogP) is 2.75. The molecule has 5 heteroatoms. The summed E-state index contributed by atoms with van der Waals surface area (Å²) in [4.78, 5) is 22.1. The Morgan fingerprint density at radius 1 is 1.32 bits per heavy atom. The van der Waals surface area contributed by atoms with E-state index in [1.54, 1.807) is 6.92 Å². The van der Waals surface area contributed by atoms with Crippen molar-refractivity contribution in [3.8, 4) is 0 Å². The molecule has 0 aromatic heterocycles. The summed E-state index contributed by atoms with van der Waals surface area (Å²) in [5.41, 5.74) is 1.76. The van der Waals surface area contributed by atoms with Gasteiger partial charge in [-0.05, 0) is 31.0 Å². The van der Waals surface area contributed by atoms with Crippen LogP contribution in [-0.4, -0.2) is 23.9 Å². The Bertz CT molecular complexity index is 431. The molecule has 4 nitrogen and oxygen atoms in total. The average Bonchev–Trinajstić information content (AvgIpc) is 2.31. The fourth-order valence-corrected chi connectivity index (χ4v) is 1.96. The number of amides is 1. The summed E-state index contributed by atoms with van der Waals surface area (Å²) in [6, 6.07) is 7.38. The number of alkyl halides is 1. The highest BCUT2D eigenvalue weighted by Gasteiger charge is 2.12. The Hall–Kier alpha value is -1.55. The molecule has 1 N–H and O–H groups in total. The van der Waals surface area contributed by atoms with E-state index in [4.69, 9.17) is 16.3 Å². The van der Waals surface area contributed by atoms with Crippen LogP contribution in [0.1, 0.15) is 25.8 Å². The van der Waals surface area contributed by atoms with Gasteiger partial charge in [0.25, 0.3) is 0 Å². The van der Waals surface area contributed by atoms with Gasteiger partial charge in [-0.3, -0.25) is 9.59 Å². The molecule has 1 rings (SSSR count). The second kappa shape index (κ2) is 7.79. The normalized spacial score (nSPS) is 11.7. The molecule has 1 aromatic carbocycles. The van der Waals surface area contributed by atoms with Crippen molar-refractivity contribution in [3.63, 3.8) is 0 Å². The van der Waals surface area contributed by atoms with Gasteiger partial charge in [-0.1, -0.05) is 12.1 Å². The summed E-state index contributed by atoms with van der Waals surface area (Å²) in [7, 11) is 0. The Labute approximate surface area is 118 Å². The molecule has 1 unspecified atom stereocenters. The van der Waals surface area contributed by atoms with Crippen LogP contribution < -0.4 is 5.32 Å². The van der Waals surface area contributed by atoms with Gasteiger partial charge in [-0.15, -0.1) is 11.6 Å². The van der Waals surface area contributed by atoms with Crippen LogP contribution >= 0.6 is 11.6 Å². The van der Waals surface area contributed by atoms with Crippen LogP contribution in [0.3, 0.4) is 0 Å². The number of carbonyl (C=O) groups is 2. The summed E-state index contributed by atoms with van der Waals surface area (Å²) in [6.45, 7) is 3.60. The van der Waals surface area contributed by atoms with Crippen LogP contribution in [0.2, 0.25) is 0 Å². The number of anilines is 1. The lowest BCUT2D eigenvalue weighted by Crippen LogP contribution is -2.13. The first-order valence-electron chi connectivity index (χ1n) is 6.17.